The zero-order valence-electron chi connectivity index (χ0n) is 18.9. The van der Waals surface area contributed by atoms with E-state index in [1.165, 1.54) is 5.56 Å². The van der Waals surface area contributed by atoms with Crippen LogP contribution in [0, 0.1) is 0 Å². The number of amides is 2. The Labute approximate surface area is 192 Å². The van der Waals surface area contributed by atoms with Gasteiger partial charge < -0.3 is 19.9 Å². The Bertz CT molecular complexity index is 1120. The molecule has 8 heteroatoms. The number of carbonyl (C=O) groups excluding carboxylic acids is 2. The molecule has 2 amide bonds. The van der Waals surface area contributed by atoms with E-state index in [0.717, 1.165) is 22.6 Å². The first-order chi connectivity index (χ1) is 16.0. The zero-order valence-corrected chi connectivity index (χ0v) is 18.9. The van der Waals surface area contributed by atoms with E-state index in [-0.39, 0.29) is 18.2 Å². The second kappa shape index (κ2) is 10.3. The number of aromatic nitrogens is 2. The van der Waals surface area contributed by atoms with Crippen LogP contribution in [0.2, 0.25) is 0 Å². The third kappa shape index (κ3) is 5.97. The highest BCUT2D eigenvalue weighted by Gasteiger charge is 2.15. The van der Waals surface area contributed by atoms with Crippen LogP contribution in [0.4, 0.5) is 5.69 Å². The van der Waals surface area contributed by atoms with E-state index in [0.29, 0.717) is 50.0 Å². The molecule has 0 spiro atoms. The summed E-state index contributed by atoms with van der Waals surface area (Å²) >= 11 is 0. The van der Waals surface area contributed by atoms with Crippen LogP contribution < -0.4 is 15.4 Å². The fourth-order valence-corrected chi connectivity index (χ4v) is 3.61. The molecule has 0 atom stereocenters. The molecule has 4 rings (SSSR count). The van der Waals surface area contributed by atoms with Crippen LogP contribution in [0.15, 0.2) is 47.0 Å². The first-order valence-electron chi connectivity index (χ1n) is 11.2. The molecule has 8 nitrogen and oxygen atoms in total. The number of benzene rings is 2. The maximum absolute atomic E-state index is 12.1. The molecule has 172 valence electrons. The number of anilines is 1. The summed E-state index contributed by atoms with van der Waals surface area (Å²) in [5.74, 6) is 2.08. The normalized spacial score (nSPS) is 12.9. The van der Waals surface area contributed by atoms with Crippen LogP contribution in [0.25, 0.3) is 11.4 Å². The number of ether oxygens (including phenoxy) is 1. The lowest BCUT2D eigenvalue weighted by Crippen LogP contribution is -2.28. The number of hydrogen-bond donors (Lipinski definition) is 2. The first kappa shape index (κ1) is 22.5. The minimum atomic E-state index is -0.104. The molecule has 0 unspecified atom stereocenters. The van der Waals surface area contributed by atoms with E-state index in [2.05, 4.69) is 46.8 Å². The number of fused-ring (bicyclic) bond motifs is 1. The summed E-state index contributed by atoms with van der Waals surface area (Å²) in [5, 5.41) is 9.70. The molecule has 1 aliphatic heterocycles. The molecule has 0 bridgehead atoms. The van der Waals surface area contributed by atoms with E-state index in [1.54, 1.807) is 0 Å². The third-order valence-corrected chi connectivity index (χ3v) is 5.53. The molecule has 2 heterocycles. The molecule has 1 aliphatic rings. The molecule has 0 saturated carbocycles. The standard InChI is InChI=1S/C25H28N4O4/c1-16(2)17-3-5-18(6-4-17)25-28-24(33-29-25)12-11-22(30)26-13-14-32-20-8-9-21-19(15-20)7-10-23(31)27-21/h3-6,8-9,15-16H,7,10-14H2,1-2H3,(H,26,30)(H,27,31). The molecule has 0 radical (unpaired) electrons. The van der Waals surface area contributed by atoms with E-state index >= 15 is 0 Å². The Morgan fingerprint density at radius 2 is 2.00 bits per heavy atom. The van der Waals surface area contributed by atoms with E-state index in [1.807, 2.05) is 30.3 Å². The van der Waals surface area contributed by atoms with Crippen molar-refractivity contribution in [3.8, 4) is 17.1 Å². The van der Waals surface area contributed by atoms with Crippen molar-refractivity contribution in [2.45, 2.75) is 45.4 Å². The van der Waals surface area contributed by atoms with Crippen molar-refractivity contribution in [3.05, 3.63) is 59.5 Å². The third-order valence-electron chi connectivity index (χ3n) is 5.53. The van der Waals surface area contributed by atoms with Crippen LogP contribution in [0.5, 0.6) is 5.75 Å². The molecule has 3 aromatic rings. The van der Waals surface area contributed by atoms with Gasteiger partial charge in [0.05, 0.1) is 6.54 Å². The summed E-state index contributed by atoms with van der Waals surface area (Å²) in [6.45, 7) is 5.04. The Morgan fingerprint density at radius 3 is 2.79 bits per heavy atom. The molecule has 1 aromatic heterocycles. The van der Waals surface area contributed by atoms with Crippen molar-refractivity contribution in [2.75, 3.05) is 18.5 Å². The topological polar surface area (TPSA) is 106 Å². The largest absolute Gasteiger partial charge is 0.492 e. The highest BCUT2D eigenvalue weighted by molar-refractivity contribution is 5.94. The van der Waals surface area contributed by atoms with E-state index in [9.17, 15) is 9.59 Å². The van der Waals surface area contributed by atoms with Crippen molar-refractivity contribution in [2.24, 2.45) is 0 Å². The maximum Gasteiger partial charge on any atom is 0.227 e. The smallest absolute Gasteiger partial charge is 0.227 e. The second-order valence-corrected chi connectivity index (χ2v) is 8.35. The van der Waals surface area contributed by atoms with Crippen LogP contribution >= 0.6 is 0 Å². The van der Waals surface area contributed by atoms with Gasteiger partial charge in [0.15, 0.2) is 0 Å². The lowest BCUT2D eigenvalue weighted by atomic mass is 10.0. The van der Waals surface area contributed by atoms with Crippen LogP contribution in [-0.2, 0) is 22.4 Å². The summed E-state index contributed by atoms with van der Waals surface area (Å²) in [7, 11) is 0. The van der Waals surface area contributed by atoms with Crippen LogP contribution in [0.3, 0.4) is 0 Å². The number of carbonyl (C=O) groups is 2. The highest BCUT2D eigenvalue weighted by atomic mass is 16.5. The van der Waals surface area contributed by atoms with Gasteiger partial charge in [-0.05, 0) is 41.7 Å². The van der Waals surface area contributed by atoms with E-state index in [4.69, 9.17) is 9.26 Å². The summed E-state index contributed by atoms with van der Waals surface area (Å²) in [4.78, 5) is 28.0. The zero-order chi connectivity index (χ0) is 23.2. The number of rotatable bonds is 9. The van der Waals surface area contributed by atoms with Gasteiger partial charge in [-0.2, -0.15) is 4.98 Å². The van der Waals surface area contributed by atoms with Gasteiger partial charge in [0.1, 0.15) is 12.4 Å². The predicted octanol–water partition coefficient (Wildman–Crippen LogP) is 3.87. The number of hydrogen-bond acceptors (Lipinski definition) is 6. The van der Waals surface area contributed by atoms with Gasteiger partial charge in [-0.25, -0.2) is 0 Å². The minimum absolute atomic E-state index is 0.0379. The summed E-state index contributed by atoms with van der Waals surface area (Å²) in [5.41, 5.74) is 4.04. The van der Waals surface area contributed by atoms with Crippen LogP contribution in [0.1, 0.15) is 49.6 Å². The average molecular weight is 449 g/mol. The van der Waals surface area contributed by atoms with Gasteiger partial charge in [-0.1, -0.05) is 43.3 Å². The Kier molecular flexibility index (Phi) is 7.02. The molecular formula is C25H28N4O4. The average Bonchev–Trinajstić information content (AvgIpc) is 3.30. The first-order valence-corrected chi connectivity index (χ1v) is 11.2. The lowest BCUT2D eigenvalue weighted by Gasteiger charge is -2.17. The Hall–Kier alpha value is -3.68. The van der Waals surface area contributed by atoms with Gasteiger partial charge in [-0.15, -0.1) is 0 Å². The van der Waals surface area contributed by atoms with E-state index < -0.39 is 0 Å². The Morgan fingerprint density at radius 1 is 1.18 bits per heavy atom. The van der Waals surface area contributed by atoms with Crippen molar-refractivity contribution in [1.82, 2.24) is 15.5 Å². The molecular weight excluding hydrogens is 420 g/mol. The van der Waals surface area contributed by atoms with Gasteiger partial charge in [0, 0.05) is 30.5 Å². The fourth-order valence-electron chi connectivity index (χ4n) is 3.61. The second-order valence-electron chi connectivity index (χ2n) is 8.35. The van der Waals surface area contributed by atoms with Crippen molar-refractivity contribution >= 4 is 17.5 Å². The predicted molar refractivity (Wildman–Crippen MR) is 124 cm³/mol. The fraction of sp³-hybridized carbons (Fsp3) is 0.360. The van der Waals surface area contributed by atoms with Gasteiger partial charge >= 0.3 is 0 Å². The summed E-state index contributed by atoms with van der Waals surface area (Å²) in [6.07, 6.45) is 1.82. The molecule has 0 fully saturated rings. The number of aryl methyl sites for hydroxylation is 2. The van der Waals surface area contributed by atoms with Crippen molar-refractivity contribution in [3.63, 3.8) is 0 Å². The van der Waals surface area contributed by atoms with Crippen molar-refractivity contribution < 1.29 is 18.8 Å². The van der Waals surface area contributed by atoms with Gasteiger partial charge in [-0.3, -0.25) is 9.59 Å². The maximum atomic E-state index is 12.1. The quantitative estimate of drug-likeness (QED) is 0.481. The van der Waals surface area contributed by atoms with Crippen LogP contribution in [-0.4, -0.2) is 35.1 Å². The molecule has 2 aromatic carbocycles. The number of nitrogens with zero attached hydrogens (tertiary/aromatic N) is 2. The monoisotopic (exact) mass is 448 g/mol. The SMILES string of the molecule is CC(C)c1ccc(-c2noc(CCC(=O)NCCOc3ccc4c(c3)CCC(=O)N4)n2)cc1. The van der Waals surface area contributed by atoms with Gasteiger partial charge in [0.25, 0.3) is 0 Å². The molecule has 2 N–H and O–H groups in total. The summed E-state index contributed by atoms with van der Waals surface area (Å²) < 4.78 is 11.0. The number of nitrogens with one attached hydrogen (secondary N) is 2. The van der Waals surface area contributed by atoms with Crippen molar-refractivity contribution in [1.29, 1.82) is 0 Å². The molecule has 0 aliphatic carbocycles. The highest BCUT2D eigenvalue weighted by Crippen LogP contribution is 2.26. The summed E-state index contributed by atoms with van der Waals surface area (Å²) in [6, 6.07) is 13.7. The molecule has 33 heavy (non-hydrogen) atoms. The minimum Gasteiger partial charge on any atom is -0.492 e. The van der Waals surface area contributed by atoms with Gasteiger partial charge in [0.2, 0.25) is 23.5 Å². The lowest BCUT2D eigenvalue weighted by molar-refractivity contribution is -0.121. The molecule has 0 saturated heterocycles. The Balaban J connectivity index is 1.18.